The third-order valence-corrected chi connectivity index (χ3v) is 5.09. The largest absolute Gasteiger partial charge is 0.316 e. The van der Waals surface area contributed by atoms with Gasteiger partial charge in [-0.15, -0.1) is 0 Å². The van der Waals surface area contributed by atoms with E-state index in [4.69, 9.17) is 0 Å². The van der Waals surface area contributed by atoms with E-state index >= 15 is 0 Å². The van der Waals surface area contributed by atoms with Crippen molar-refractivity contribution in [1.82, 2.24) is 10.2 Å². The van der Waals surface area contributed by atoms with Crippen molar-refractivity contribution in [2.24, 2.45) is 11.3 Å². The molecular weight excluding hydrogens is 196 g/mol. The lowest BCUT2D eigenvalue weighted by Crippen LogP contribution is -2.32. The van der Waals surface area contributed by atoms with Crippen LogP contribution in [0.25, 0.3) is 0 Å². The summed E-state index contributed by atoms with van der Waals surface area (Å²) >= 11 is 0. The van der Waals surface area contributed by atoms with Crippen molar-refractivity contribution in [2.45, 2.75) is 44.9 Å². The molecule has 0 aromatic rings. The van der Waals surface area contributed by atoms with Crippen molar-refractivity contribution < 1.29 is 0 Å². The van der Waals surface area contributed by atoms with Gasteiger partial charge in [-0.2, -0.15) is 0 Å². The summed E-state index contributed by atoms with van der Waals surface area (Å²) in [7, 11) is 0. The average Bonchev–Trinajstić information content (AvgIpc) is 2.92. The molecule has 92 valence electrons. The Hall–Kier alpha value is -0.0800. The molecule has 2 heteroatoms. The highest BCUT2D eigenvalue weighted by Crippen LogP contribution is 2.37. The van der Waals surface area contributed by atoms with Gasteiger partial charge < -0.3 is 10.2 Å². The Morgan fingerprint density at radius 2 is 2.00 bits per heavy atom. The standard InChI is InChI=1S/C14H26N2/c1-2-4-13(5-3-1)10-16-9-7-14(12-16)6-8-15-11-14/h13,15H,1-12H2. The highest BCUT2D eigenvalue weighted by molar-refractivity contribution is 4.96. The van der Waals surface area contributed by atoms with Gasteiger partial charge in [0.2, 0.25) is 0 Å². The lowest BCUT2D eigenvalue weighted by molar-refractivity contribution is 0.211. The lowest BCUT2D eigenvalue weighted by atomic mass is 9.86. The molecule has 2 nitrogen and oxygen atoms in total. The van der Waals surface area contributed by atoms with E-state index in [1.54, 1.807) is 0 Å². The van der Waals surface area contributed by atoms with E-state index in [-0.39, 0.29) is 0 Å². The first-order valence-electron chi connectivity index (χ1n) is 7.29. The summed E-state index contributed by atoms with van der Waals surface area (Å²) in [4.78, 5) is 2.77. The number of nitrogens with one attached hydrogen (secondary N) is 1. The van der Waals surface area contributed by atoms with Gasteiger partial charge in [-0.05, 0) is 50.1 Å². The quantitative estimate of drug-likeness (QED) is 0.771. The van der Waals surface area contributed by atoms with Gasteiger partial charge in [0.25, 0.3) is 0 Å². The summed E-state index contributed by atoms with van der Waals surface area (Å²) < 4.78 is 0. The van der Waals surface area contributed by atoms with Crippen molar-refractivity contribution in [1.29, 1.82) is 0 Å². The van der Waals surface area contributed by atoms with Gasteiger partial charge in [0.05, 0.1) is 0 Å². The predicted molar refractivity (Wildman–Crippen MR) is 67.6 cm³/mol. The lowest BCUT2D eigenvalue weighted by Gasteiger charge is -2.28. The molecule has 16 heavy (non-hydrogen) atoms. The number of hydrogen-bond acceptors (Lipinski definition) is 2. The van der Waals surface area contributed by atoms with Gasteiger partial charge in [0.1, 0.15) is 0 Å². The average molecular weight is 222 g/mol. The fourth-order valence-corrected chi connectivity index (χ4v) is 4.06. The number of likely N-dealkylation sites (tertiary alicyclic amines) is 1. The van der Waals surface area contributed by atoms with E-state index < -0.39 is 0 Å². The van der Waals surface area contributed by atoms with Gasteiger partial charge >= 0.3 is 0 Å². The number of nitrogens with zero attached hydrogens (tertiary/aromatic N) is 1. The molecule has 1 aliphatic carbocycles. The topological polar surface area (TPSA) is 15.3 Å². The van der Waals surface area contributed by atoms with Crippen molar-refractivity contribution >= 4 is 0 Å². The van der Waals surface area contributed by atoms with Crippen LogP contribution in [-0.4, -0.2) is 37.6 Å². The molecule has 0 aromatic carbocycles. The van der Waals surface area contributed by atoms with Gasteiger partial charge in [0.15, 0.2) is 0 Å². The Morgan fingerprint density at radius 3 is 2.75 bits per heavy atom. The highest BCUT2D eigenvalue weighted by atomic mass is 15.2. The first-order valence-corrected chi connectivity index (χ1v) is 7.29. The molecule has 3 fully saturated rings. The predicted octanol–water partition coefficient (Wildman–Crippen LogP) is 2.25. The smallest absolute Gasteiger partial charge is 0.00512 e. The SMILES string of the molecule is C1CCC(CN2CCC3(CCNC3)C2)CC1. The second-order valence-corrected chi connectivity index (χ2v) is 6.42. The summed E-state index contributed by atoms with van der Waals surface area (Å²) in [5, 5.41) is 3.55. The van der Waals surface area contributed by atoms with Crippen LogP contribution >= 0.6 is 0 Å². The fourth-order valence-electron chi connectivity index (χ4n) is 4.06. The van der Waals surface area contributed by atoms with E-state index in [9.17, 15) is 0 Å². The van der Waals surface area contributed by atoms with Crippen LogP contribution < -0.4 is 5.32 Å². The summed E-state index contributed by atoms with van der Waals surface area (Å²) in [6.07, 6.45) is 10.4. The van der Waals surface area contributed by atoms with Crippen LogP contribution in [0, 0.1) is 11.3 Å². The molecule has 1 N–H and O–H groups in total. The Kier molecular flexibility index (Phi) is 3.21. The van der Waals surface area contributed by atoms with Crippen LogP contribution in [0.1, 0.15) is 44.9 Å². The summed E-state index contributed by atoms with van der Waals surface area (Å²) in [6, 6.07) is 0. The molecule has 3 aliphatic rings. The summed E-state index contributed by atoms with van der Waals surface area (Å²) in [5.41, 5.74) is 0.675. The molecule has 1 spiro atoms. The van der Waals surface area contributed by atoms with Crippen molar-refractivity contribution in [2.75, 3.05) is 32.7 Å². The molecule has 1 saturated carbocycles. The van der Waals surface area contributed by atoms with E-state index in [0.29, 0.717) is 5.41 Å². The normalized spacial score (nSPS) is 37.5. The second kappa shape index (κ2) is 4.66. The molecule has 0 amide bonds. The Bertz CT molecular complexity index is 227. The molecule has 2 saturated heterocycles. The Morgan fingerprint density at radius 1 is 1.12 bits per heavy atom. The minimum atomic E-state index is 0.675. The van der Waals surface area contributed by atoms with E-state index in [1.807, 2.05) is 0 Å². The van der Waals surface area contributed by atoms with Crippen LogP contribution in [0.4, 0.5) is 0 Å². The molecule has 1 atom stereocenters. The minimum absolute atomic E-state index is 0.675. The first-order chi connectivity index (χ1) is 7.86. The van der Waals surface area contributed by atoms with Gasteiger partial charge in [0, 0.05) is 19.6 Å². The zero-order valence-electron chi connectivity index (χ0n) is 10.5. The van der Waals surface area contributed by atoms with E-state index in [2.05, 4.69) is 10.2 Å². The van der Waals surface area contributed by atoms with Gasteiger partial charge in [-0.1, -0.05) is 19.3 Å². The third-order valence-electron chi connectivity index (χ3n) is 5.09. The Balaban J connectivity index is 1.49. The number of hydrogen-bond donors (Lipinski definition) is 1. The van der Waals surface area contributed by atoms with E-state index in [1.165, 1.54) is 77.7 Å². The maximum absolute atomic E-state index is 3.55. The third kappa shape index (κ3) is 2.28. The number of rotatable bonds is 2. The second-order valence-electron chi connectivity index (χ2n) is 6.42. The van der Waals surface area contributed by atoms with Gasteiger partial charge in [-0.25, -0.2) is 0 Å². The van der Waals surface area contributed by atoms with Crippen molar-refractivity contribution in [3.8, 4) is 0 Å². The maximum atomic E-state index is 3.55. The van der Waals surface area contributed by atoms with E-state index in [0.717, 1.165) is 5.92 Å². The zero-order valence-corrected chi connectivity index (χ0v) is 10.5. The van der Waals surface area contributed by atoms with Gasteiger partial charge in [-0.3, -0.25) is 0 Å². The molecule has 2 aliphatic heterocycles. The molecule has 2 heterocycles. The zero-order chi connectivity index (χ0) is 10.8. The van der Waals surface area contributed by atoms with Crippen LogP contribution in [0.5, 0.6) is 0 Å². The summed E-state index contributed by atoms with van der Waals surface area (Å²) in [6.45, 7) is 6.71. The van der Waals surface area contributed by atoms with Crippen LogP contribution in [-0.2, 0) is 0 Å². The monoisotopic (exact) mass is 222 g/mol. The molecule has 0 aromatic heterocycles. The van der Waals surface area contributed by atoms with Crippen LogP contribution in [0.2, 0.25) is 0 Å². The molecular formula is C14H26N2. The highest BCUT2D eigenvalue weighted by Gasteiger charge is 2.40. The molecule has 1 unspecified atom stereocenters. The first kappa shape index (κ1) is 11.0. The summed E-state index contributed by atoms with van der Waals surface area (Å²) in [5.74, 6) is 1.03. The maximum Gasteiger partial charge on any atom is 0.00512 e. The fraction of sp³-hybridized carbons (Fsp3) is 1.00. The van der Waals surface area contributed by atoms with Crippen LogP contribution in [0.3, 0.4) is 0 Å². The molecule has 0 bridgehead atoms. The minimum Gasteiger partial charge on any atom is -0.316 e. The van der Waals surface area contributed by atoms with Crippen LogP contribution in [0.15, 0.2) is 0 Å². The van der Waals surface area contributed by atoms with Crippen molar-refractivity contribution in [3.05, 3.63) is 0 Å². The Labute approximate surface area is 99.8 Å². The molecule has 3 rings (SSSR count). The van der Waals surface area contributed by atoms with Crippen molar-refractivity contribution in [3.63, 3.8) is 0 Å². The molecule has 0 radical (unpaired) electrons.